The van der Waals surface area contributed by atoms with E-state index in [0.29, 0.717) is 38.8 Å². The molecule has 0 unspecified atom stereocenters. The molecule has 4 N–H and O–H groups in total. The molecule has 12 nitrogen and oxygen atoms in total. The van der Waals surface area contributed by atoms with Gasteiger partial charge in [0.05, 0.1) is 28.8 Å². The Labute approximate surface area is 282 Å². The molecular weight excluding hydrogens is 616 g/mol. The summed E-state index contributed by atoms with van der Waals surface area (Å²) in [5.74, 6) is 0.929. The molecule has 4 rings (SSSR count). The number of alkyl carbamates (subject to hydrolysis) is 1. The number of hydrogen-bond acceptors (Lipinski definition) is 8. The number of hydrogen-bond donors (Lipinski definition) is 4. The molecule has 47 heavy (non-hydrogen) atoms. The number of piperidine rings is 1. The number of carbonyl (C=O) groups is 3. The molecule has 4 amide bonds. The van der Waals surface area contributed by atoms with E-state index in [1.807, 2.05) is 30.3 Å². The van der Waals surface area contributed by atoms with E-state index >= 15 is 0 Å². The van der Waals surface area contributed by atoms with E-state index in [1.54, 1.807) is 29.9 Å². The molecule has 256 valence electrons. The molecule has 0 spiro atoms. The lowest BCUT2D eigenvalue weighted by Gasteiger charge is -2.30. The lowest BCUT2D eigenvalue weighted by molar-refractivity contribution is -0.124. The first kappa shape index (κ1) is 35.9. The van der Waals surface area contributed by atoms with Crippen LogP contribution in [0.15, 0.2) is 48.2 Å². The molecule has 1 aliphatic heterocycles. The number of ether oxygens (including phenoxy) is 1. The first-order valence-electron chi connectivity index (χ1n) is 16.7. The highest BCUT2D eigenvalue weighted by Gasteiger charge is 2.26. The molecule has 3 heterocycles. The second-order valence-electron chi connectivity index (χ2n) is 12.5. The summed E-state index contributed by atoms with van der Waals surface area (Å²) in [5, 5.41) is 9.06. The molecule has 0 radical (unpaired) electrons. The summed E-state index contributed by atoms with van der Waals surface area (Å²) in [6, 6.07) is 8.81. The van der Waals surface area contributed by atoms with E-state index < -0.39 is 12.1 Å². The molecule has 0 saturated carbocycles. The van der Waals surface area contributed by atoms with Crippen LogP contribution in [0.1, 0.15) is 80.2 Å². The second-order valence-corrected chi connectivity index (χ2v) is 13.5. The number of rotatable bonds is 17. The van der Waals surface area contributed by atoms with Crippen LogP contribution in [0, 0.1) is 0 Å². The summed E-state index contributed by atoms with van der Waals surface area (Å²) < 4.78 is 5.26. The van der Waals surface area contributed by atoms with Gasteiger partial charge in [-0.1, -0.05) is 50.6 Å². The van der Waals surface area contributed by atoms with Gasteiger partial charge in [0.1, 0.15) is 18.5 Å². The van der Waals surface area contributed by atoms with E-state index in [9.17, 15) is 14.4 Å². The highest BCUT2D eigenvalue weighted by molar-refractivity contribution is 7.09. The van der Waals surface area contributed by atoms with Crippen LogP contribution in [0.3, 0.4) is 0 Å². The first-order valence-corrected chi connectivity index (χ1v) is 17.5. The van der Waals surface area contributed by atoms with Crippen molar-refractivity contribution in [2.45, 2.75) is 89.9 Å². The zero-order chi connectivity index (χ0) is 33.4. The standard InChI is InChI=1S/C34H50N8O4S/c1-25(2)31-37-20-28(38-31)22-41(3)33(44)40-30(14-18-42-16-8-5-9-17-42)32(43)39-27(19-26-11-6-4-7-12-26)13-10-15-36-34(45)46-23-29-21-35-24-47-29/h4,6-7,11-12,20-21,24-25,27,30H,5,8-10,13-19,22-23H2,1-3H3,(H,36,45)(H,37,38)(H,39,43)(H,40,44)/t27-,30+/m1/s1. The average Bonchev–Trinajstić information content (AvgIpc) is 3.77. The van der Waals surface area contributed by atoms with Crippen LogP contribution < -0.4 is 16.0 Å². The number of urea groups is 1. The molecule has 3 aromatic rings. The number of imidazole rings is 1. The zero-order valence-corrected chi connectivity index (χ0v) is 28.7. The molecule has 1 aromatic carbocycles. The topological polar surface area (TPSA) is 145 Å². The van der Waals surface area contributed by atoms with Gasteiger partial charge in [0, 0.05) is 38.3 Å². The minimum atomic E-state index is -0.696. The molecule has 2 aromatic heterocycles. The zero-order valence-electron chi connectivity index (χ0n) is 27.9. The largest absolute Gasteiger partial charge is 0.444 e. The van der Waals surface area contributed by atoms with E-state index in [0.717, 1.165) is 54.4 Å². The summed E-state index contributed by atoms with van der Waals surface area (Å²) in [5.41, 5.74) is 3.64. The minimum absolute atomic E-state index is 0.184. The lowest BCUT2D eigenvalue weighted by Crippen LogP contribution is -2.53. The maximum absolute atomic E-state index is 13.9. The second kappa shape index (κ2) is 19.0. The van der Waals surface area contributed by atoms with Gasteiger partial charge in [-0.15, -0.1) is 11.3 Å². The predicted molar refractivity (Wildman–Crippen MR) is 183 cm³/mol. The molecule has 0 bridgehead atoms. The van der Waals surface area contributed by atoms with Gasteiger partial charge in [0.2, 0.25) is 5.91 Å². The number of thiazole rings is 1. The minimum Gasteiger partial charge on any atom is -0.444 e. The van der Waals surface area contributed by atoms with E-state index in [2.05, 4.69) is 49.6 Å². The molecular formula is C34H50N8O4S. The van der Waals surface area contributed by atoms with Gasteiger partial charge in [-0.25, -0.2) is 14.6 Å². The number of nitrogens with zero attached hydrogens (tertiary/aromatic N) is 4. The van der Waals surface area contributed by atoms with E-state index in [4.69, 9.17) is 4.74 Å². The normalized spacial score (nSPS) is 14.7. The van der Waals surface area contributed by atoms with Gasteiger partial charge in [0.25, 0.3) is 0 Å². The van der Waals surface area contributed by atoms with Crippen LogP contribution in [0.25, 0.3) is 0 Å². The van der Waals surface area contributed by atoms with Gasteiger partial charge in [-0.2, -0.15) is 0 Å². The number of amides is 4. The number of H-pyrrole nitrogens is 1. The smallest absolute Gasteiger partial charge is 0.407 e. The Morgan fingerprint density at radius 3 is 2.55 bits per heavy atom. The highest BCUT2D eigenvalue weighted by atomic mass is 32.1. The monoisotopic (exact) mass is 666 g/mol. The fourth-order valence-corrected chi connectivity index (χ4v) is 6.07. The van der Waals surface area contributed by atoms with Crippen LogP contribution in [-0.2, 0) is 29.1 Å². The van der Waals surface area contributed by atoms with Crippen molar-refractivity contribution in [3.63, 3.8) is 0 Å². The number of aromatic amines is 1. The Morgan fingerprint density at radius 1 is 1.06 bits per heavy atom. The Bertz CT molecular complexity index is 1360. The molecule has 13 heteroatoms. The van der Waals surface area contributed by atoms with Gasteiger partial charge in [-0.05, 0) is 57.2 Å². The molecule has 1 aliphatic rings. The SMILES string of the molecule is CC(C)c1ncc(CN(C)C(=O)N[C@@H](CCN2CCCCC2)C(=O)N[C@H](CCCNC(=O)OCc2cncs2)Cc2ccccc2)[nH]1. The van der Waals surface area contributed by atoms with E-state index in [-0.39, 0.29) is 30.5 Å². The fraction of sp³-hybridized carbons (Fsp3) is 0.559. The van der Waals surface area contributed by atoms with Crippen LogP contribution in [0.2, 0.25) is 0 Å². The number of carbonyl (C=O) groups excluding carboxylic acids is 3. The molecule has 0 aliphatic carbocycles. The number of benzene rings is 1. The summed E-state index contributed by atoms with van der Waals surface area (Å²) in [7, 11) is 1.72. The number of nitrogens with one attached hydrogen (secondary N) is 4. The third-order valence-corrected chi connectivity index (χ3v) is 9.00. The Hall–Kier alpha value is -3.97. The highest BCUT2D eigenvalue weighted by Crippen LogP contribution is 2.14. The maximum Gasteiger partial charge on any atom is 0.407 e. The third-order valence-electron chi connectivity index (χ3n) is 8.25. The summed E-state index contributed by atoms with van der Waals surface area (Å²) >= 11 is 1.43. The van der Waals surface area contributed by atoms with Crippen LogP contribution in [-0.4, -0.2) is 88.1 Å². The fourth-order valence-electron chi connectivity index (χ4n) is 5.57. The van der Waals surface area contributed by atoms with E-state index in [1.165, 1.54) is 17.8 Å². The third kappa shape index (κ3) is 12.6. The average molecular weight is 667 g/mol. The van der Waals surface area contributed by atoms with Gasteiger partial charge in [0.15, 0.2) is 0 Å². The quantitative estimate of drug-likeness (QED) is 0.151. The van der Waals surface area contributed by atoms with Crippen LogP contribution in [0.4, 0.5) is 9.59 Å². The Morgan fingerprint density at radius 2 is 1.85 bits per heavy atom. The van der Waals surface area contributed by atoms with Crippen molar-refractivity contribution >= 4 is 29.4 Å². The van der Waals surface area contributed by atoms with Crippen LogP contribution >= 0.6 is 11.3 Å². The van der Waals surface area contributed by atoms with Gasteiger partial charge in [-0.3, -0.25) is 9.78 Å². The van der Waals surface area contributed by atoms with Crippen molar-refractivity contribution in [3.8, 4) is 0 Å². The number of likely N-dealkylation sites (tertiary alicyclic amines) is 1. The van der Waals surface area contributed by atoms with Gasteiger partial charge < -0.3 is 35.5 Å². The maximum atomic E-state index is 13.9. The number of aromatic nitrogens is 3. The summed E-state index contributed by atoms with van der Waals surface area (Å²) in [6.07, 6.45) is 8.91. The summed E-state index contributed by atoms with van der Waals surface area (Å²) in [4.78, 5) is 55.9. The molecule has 1 fully saturated rings. The summed E-state index contributed by atoms with van der Waals surface area (Å²) in [6.45, 7) is 7.82. The van der Waals surface area contributed by atoms with Crippen molar-refractivity contribution in [3.05, 3.63) is 70.2 Å². The van der Waals surface area contributed by atoms with Crippen molar-refractivity contribution < 1.29 is 19.1 Å². The van der Waals surface area contributed by atoms with Crippen molar-refractivity contribution in [2.24, 2.45) is 0 Å². The predicted octanol–water partition coefficient (Wildman–Crippen LogP) is 4.81. The Kier molecular flexibility index (Phi) is 14.5. The Balaban J connectivity index is 1.35. The molecule has 2 atom stereocenters. The van der Waals surface area contributed by atoms with Crippen LogP contribution in [0.5, 0.6) is 0 Å². The van der Waals surface area contributed by atoms with Crippen molar-refractivity contribution in [1.82, 2.24) is 40.7 Å². The van der Waals surface area contributed by atoms with Crippen molar-refractivity contribution in [1.29, 1.82) is 0 Å². The first-order chi connectivity index (χ1) is 22.8. The van der Waals surface area contributed by atoms with Crippen molar-refractivity contribution in [2.75, 3.05) is 33.2 Å². The molecule has 1 saturated heterocycles. The van der Waals surface area contributed by atoms with Gasteiger partial charge >= 0.3 is 12.1 Å². The lowest BCUT2D eigenvalue weighted by atomic mass is 10.0.